The van der Waals surface area contributed by atoms with E-state index in [0.29, 0.717) is 10.5 Å². The number of phenolic OH excluding ortho intramolecular Hbond substituents is 1. The summed E-state index contributed by atoms with van der Waals surface area (Å²) in [5, 5.41) is 11.5. The molecular weight excluding hydrogens is 432 g/mol. The summed E-state index contributed by atoms with van der Waals surface area (Å²) in [6, 6.07) is 2.36. The molecule has 1 aliphatic rings. The standard InChI is InChI=1S/C32H56OS/c1-9-11-13-15-17-19-21-32(22-20-18-16-14-12-10-2)24-25-27(34-32)23-26(30(3,4)5)29(33)28(25)31(6,7)8/h23,33H,9-22,24H2,1-8H3. The summed E-state index contributed by atoms with van der Waals surface area (Å²) >= 11 is 2.18. The Kier molecular flexibility index (Phi) is 11.4. The normalized spacial score (nSPS) is 15.6. The number of hydrogen-bond donors (Lipinski definition) is 1. The number of phenols is 1. The minimum absolute atomic E-state index is 0.0492. The minimum Gasteiger partial charge on any atom is -0.507 e. The highest BCUT2D eigenvalue weighted by Crippen LogP contribution is 2.56. The molecule has 0 bridgehead atoms. The van der Waals surface area contributed by atoms with Crippen molar-refractivity contribution in [3.8, 4) is 5.75 Å². The Morgan fingerprint density at radius 3 is 1.65 bits per heavy atom. The first-order chi connectivity index (χ1) is 15.9. The lowest BCUT2D eigenvalue weighted by Gasteiger charge is -2.30. The average molecular weight is 489 g/mol. The monoisotopic (exact) mass is 488 g/mol. The fourth-order valence-corrected chi connectivity index (χ4v) is 7.43. The number of rotatable bonds is 14. The second kappa shape index (κ2) is 13.1. The molecule has 0 aromatic heterocycles. The number of hydrogen-bond acceptors (Lipinski definition) is 2. The van der Waals surface area contributed by atoms with Gasteiger partial charge in [-0.25, -0.2) is 0 Å². The van der Waals surface area contributed by atoms with Gasteiger partial charge in [0.2, 0.25) is 0 Å². The lowest BCUT2D eigenvalue weighted by molar-refractivity contribution is 0.414. The second-order valence-corrected chi connectivity index (χ2v) is 14.6. The molecule has 0 saturated carbocycles. The molecule has 0 fully saturated rings. The number of benzene rings is 1. The summed E-state index contributed by atoms with van der Waals surface area (Å²) in [7, 11) is 0. The quantitative estimate of drug-likeness (QED) is 0.263. The zero-order chi connectivity index (χ0) is 25.4. The highest BCUT2D eigenvalue weighted by molar-refractivity contribution is 8.01. The number of unbranched alkanes of at least 4 members (excludes halogenated alkanes) is 10. The lowest BCUT2D eigenvalue weighted by atomic mass is 9.75. The van der Waals surface area contributed by atoms with E-state index >= 15 is 0 Å². The molecule has 1 nitrogen and oxygen atoms in total. The van der Waals surface area contributed by atoms with Gasteiger partial charge in [-0.2, -0.15) is 0 Å². The van der Waals surface area contributed by atoms with Crippen LogP contribution in [0, 0.1) is 0 Å². The van der Waals surface area contributed by atoms with Crippen molar-refractivity contribution < 1.29 is 5.11 Å². The van der Waals surface area contributed by atoms with Crippen molar-refractivity contribution in [2.75, 3.05) is 0 Å². The maximum atomic E-state index is 11.5. The van der Waals surface area contributed by atoms with Gasteiger partial charge in [0.1, 0.15) is 5.75 Å². The summed E-state index contributed by atoms with van der Waals surface area (Å²) in [5.41, 5.74) is 3.70. The Balaban J connectivity index is 2.27. The van der Waals surface area contributed by atoms with Crippen molar-refractivity contribution in [3.05, 3.63) is 22.8 Å². The summed E-state index contributed by atoms with van der Waals surface area (Å²) in [4.78, 5) is 1.46. The largest absolute Gasteiger partial charge is 0.507 e. The van der Waals surface area contributed by atoms with Crippen LogP contribution in [0.5, 0.6) is 5.75 Å². The predicted octanol–water partition coefficient (Wildman–Crippen LogP) is 10.9. The fourth-order valence-electron chi connectivity index (χ4n) is 5.78. The van der Waals surface area contributed by atoms with Gasteiger partial charge < -0.3 is 5.11 Å². The highest BCUT2D eigenvalue weighted by atomic mass is 32.2. The van der Waals surface area contributed by atoms with E-state index in [1.54, 1.807) is 0 Å². The maximum absolute atomic E-state index is 11.5. The first kappa shape index (κ1) is 29.6. The molecule has 1 aromatic carbocycles. The molecule has 34 heavy (non-hydrogen) atoms. The third-order valence-electron chi connectivity index (χ3n) is 7.72. The van der Waals surface area contributed by atoms with Crippen molar-refractivity contribution in [2.45, 2.75) is 172 Å². The third-order valence-corrected chi connectivity index (χ3v) is 9.29. The molecule has 0 radical (unpaired) electrons. The van der Waals surface area contributed by atoms with E-state index in [4.69, 9.17) is 0 Å². The van der Waals surface area contributed by atoms with Crippen LogP contribution in [-0.4, -0.2) is 9.85 Å². The molecule has 2 rings (SSSR count). The van der Waals surface area contributed by atoms with E-state index in [1.165, 1.54) is 106 Å². The van der Waals surface area contributed by atoms with Gasteiger partial charge in [-0.1, -0.05) is 132 Å². The topological polar surface area (TPSA) is 20.2 Å². The SMILES string of the molecule is CCCCCCCCC1(CCCCCCCC)Cc2c(cc(C(C)(C)C)c(O)c2C(C)(C)C)S1. The molecule has 0 saturated heterocycles. The van der Waals surface area contributed by atoms with E-state index in [-0.39, 0.29) is 10.8 Å². The van der Waals surface area contributed by atoms with E-state index in [2.05, 4.69) is 73.2 Å². The molecule has 1 aliphatic heterocycles. The second-order valence-electron chi connectivity index (χ2n) is 13.1. The van der Waals surface area contributed by atoms with Gasteiger partial charge in [0, 0.05) is 20.8 Å². The molecule has 1 N–H and O–H groups in total. The summed E-state index contributed by atoms with van der Waals surface area (Å²) < 4.78 is 0.320. The van der Waals surface area contributed by atoms with Crippen LogP contribution in [-0.2, 0) is 17.3 Å². The summed E-state index contributed by atoms with van der Waals surface area (Å²) in [6.07, 6.45) is 20.2. The first-order valence-corrected chi connectivity index (χ1v) is 15.4. The van der Waals surface area contributed by atoms with Crippen molar-refractivity contribution in [3.63, 3.8) is 0 Å². The average Bonchev–Trinajstić information content (AvgIpc) is 3.09. The Morgan fingerprint density at radius 2 is 1.21 bits per heavy atom. The Labute approximate surface area is 217 Å². The van der Waals surface area contributed by atoms with E-state index < -0.39 is 0 Å². The summed E-state index contributed by atoms with van der Waals surface area (Å²) in [6.45, 7) is 18.1. The van der Waals surface area contributed by atoms with E-state index in [9.17, 15) is 5.11 Å². The van der Waals surface area contributed by atoms with Crippen molar-refractivity contribution in [2.24, 2.45) is 0 Å². The first-order valence-electron chi connectivity index (χ1n) is 14.5. The molecule has 0 aliphatic carbocycles. The molecule has 1 aromatic rings. The molecule has 0 atom stereocenters. The molecule has 0 spiro atoms. The molecular formula is C32H56OS. The van der Waals surface area contributed by atoms with Crippen molar-refractivity contribution in [1.82, 2.24) is 0 Å². The van der Waals surface area contributed by atoms with Crippen LogP contribution in [0.4, 0.5) is 0 Å². The van der Waals surface area contributed by atoms with Gasteiger partial charge >= 0.3 is 0 Å². The maximum Gasteiger partial charge on any atom is 0.123 e. The Morgan fingerprint density at radius 1 is 0.735 bits per heavy atom. The molecule has 0 unspecified atom stereocenters. The van der Waals surface area contributed by atoms with E-state index in [0.717, 1.165) is 12.0 Å². The van der Waals surface area contributed by atoms with E-state index in [1.807, 2.05) is 0 Å². The van der Waals surface area contributed by atoms with Crippen LogP contribution in [0.25, 0.3) is 0 Å². The Hall–Kier alpha value is -0.630. The van der Waals surface area contributed by atoms with Crippen LogP contribution < -0.4 is 0 Å². The number of fused-ring (bicyclic) bond motifs is 1. The van der Waals surface area contributed by atoms with Gasteiger partial charge in [0.15, 0.2) is 0 Å². The number of aromatic hydroxyl groups is 1. The van der Waals surface area contributed by atoms with Gasteiger partial charge in [0.25, 0.3) is 0 Å². The van der Waals surface area contributed by atoms with Crippen LogP contribution in [0.2, 0.25) is 0 Å². The molecule has 0 amide bonds. The predicted molar refractivity (Wildman–Crippen MR) is 154 cm³/mol. The zero-order valence-corrected chi connectivity index (χ0v) is 24.9. The van der Waals surface area contributed by atoms with Gasteiger partial charge in [-0.15, -0.1) is 11.8 Å². The molecule has 196 valence electrons. The van der Waals surface area contributed by atoms with Gasteiger partial charge in [0.05, 0.1) is 0 Å². The van der Waals surface area contributed by atoms with Crippen LogP contribution in [0.3, 0.4) is 0 Å². The Bertz CT molecular complexity index is 734. The third kappa shape index (κ3) is 8.21. The van der Waals surface area contributed by atoms with Crippen LogP contribution >= 0.6 is 11.8 Å². The summed E-state index contributed by atoms with van der Waals surface area (Å²) in [5.74, 6) is 0.564. The number of thioether (sulfide) groups is 1. The zero-order valence-electron chi connectivity index (χ0n) is 24.0. The van der Waals surface area contributed by atoms with Crippen molar-refractivity contribution >= 4 is 11.8 Å². The minimum atomic E-state index is -0.0521. The van der Waals surface area contributed by atoms with Crippen LogP contribution in [0.15, 0.2) is 11.0 Å². The fraction of sp³-hybridized carbons (Fsp3) is 0.812. The van der Waals surface area contributed by atoms with Crippen LogP contribution in [0.1, 0.15) is 162 Å². The highest BCUT2D eigenvalue weighted by Gasteiger charge is 2.42. The molecule has 2 heteroatoms. The molecule has 1 heterocycles. The van der Waals surface area contributed by atoms with Crippen molar-refractivity contribution in [1.29, 1.82) is 0 Å². The van der Waals surface area contributed by atoms with Gasteiger partial charge in [-0.3, -0.25) is 0 Å². The van der Waals surface area contributed by atoms with Gasteiger partial charge in [-0.05, 0) is 41.7 Å². The lowest BCUT2D eigenvalue weighted by Crippen LogP contribution is -2.25. The smallest absolute Gasteiger partial charge is 0.123 e.